The van der Waals surface area contributed by atoms with Crippen molar-refractivity contribution in [1.29, 1.82) is 0 Å². The summed E-state index contributed by atoms with van der Waals surface area (Å²) in [6.45, 7) is 3.81. The number of hydrogen-bond acceptors (Lipinski definition) is 4. The Labute approximate surface area is 167 Å². The van der Waals surface area contributed by atoms with Gasteiger partial charge in [0, 0.05) is 28.4 Å². The minimum Gasteiger partial charge on any atom is -0.461 e. The maximum absolute atomic E-state index is 12.5. The van der Waals surface area contributed by atoms with Crippen molar-refractivity contribution in [2.45, 2.75) is 39.2 Å². The molecular formula is C24H21NO4. The van der Waals surface area contributed by atoms with Gasteiger partial charge in [0.25, 0.3) is 0 Å². The van der Waals surface area contributed by atoms with Crippen LogP contribution in [0.4, 0.5) is 0 Å². The van der Waals surface area contributed by atoms with E-state index in [1.54, 1.807) is 6.07 Å². The van der Waals surface area contributed by atoms with Crippen molar-refractivity contribution in [1.82, 2.24) is 5.32 Å². The summed E-state index contributed by atoms with van der Waals surface area (Å²) < 4.78 is 11.5. The van der Waals surface area contributed by atoms with Crippen LogP contribution in [0.1, 0.15) is 29.7 Å². The first-order valence-corrected chi connectivity index (χ1v) is 9.85. The van der Waals surface area contributed by atoms with E-state index in [0.717, 1.165) is 46.1 Å². The first-order chi connectivity index (χ1) is 14.0. The number of amides is 1. The van der Waals surface area contributed by atoms with Gasteiger partial charge in [0.1, 0.15) is 16.9 Å². The highest BCUT2D eigenvalue weighted by Gasteiger charge is 2.25. The molecule has 0 atom stereocenters. The van der Waals surface area contributed by atoms with Crippen molar-refractivity contribution in [3.05, 3.63) is 69.8 Å². The van der Waals surface area contributed by atoms with E-state index in [9.17, 15) is 9.59 Å². The Kier molecular flexibility index (Phi) is 4.05. The van der Waals surface area contributed by atoms with E-state index in [0.29, 0.717) is 16.7 Å². The largest absolute Gasteiger partial charge is 0.461 e. The summed E-state index contributed by atoms with van der Waals surface area (Å²) >= 11 is 0. The monoisotopic (exact) mass is 387 g/mol. The number of carbonyl (C=O) groups excluding carboxylic acids is 1. The van der Waals surface area contributed by atoms with E-state index in [1.807, 2.05) is 50.2 Å². The third-order valence-corrected chi connectivity index (χ3v) is 5.61. The van der Waals surface area contributed by atoms with Gasteiger partial charge in [-0.3, -0.25) is 4.79 Å². The zero-order chi connectivity index (χ0) is 20.1. The second-order valence-corrected chi connectivity index (χ2v) is 7.76. The minimum atomic E-state index is -0.466. The number of hydrogen-bond donors (Lipinski definition) is 1. The number of rotatable bonds is 4. The van der Waals surface area contributed by atoms with E-state index >= 15 is 0 Å². The number of fused-ring (bicyclic) bond motifs is 2. The number of nitrogens with one attached hydrogen (secondary N) is 1. The molecule has 0 spiro atoms. The predicted octanol–water partition coefficient (Wildman–Crippen LogP) is 4.64. The van der Waals surface area contributed by atoms with Crippen LogP contribution in [-0.4, -0.2) is 11.9 Å². The van der Waals surface area contributed by atoms with E-state index in [4.69, 9.17) is 8.83 Å². The third kappa shape index (κ3) is 3.12. The van der Waals surface area contributed by atoms with Crippen LogP contribution in [0.5, 0.6) is 0 Å². The normalized spacial score (nSPS) is 13.9. The van der Waals surface area contributed by atoms with E-state index in [1.165, 1.54) is 0 Å². The summed E-state index contributed by atoms with van der Waals surface area (Å²) in [7, 11) is 0. The molecule has 2 aromatic carbocycles. The van der Waals surface area contributed by atoms with Gasteiger partial charge in [0.15, 0.2) is 0 Å². The molecule has 1 fully saturated rings. The molecule has 2 aromatic heterocycles. The fourth-order valence-electron chi connectivity index (χ4n) is 3.94. The highest BCUT2D eigenvalue weighted by atomic mass is 16.4. The van der Waals surface area contributed by atoms with Crippen LogP contribution in [0.15, 0.2) is 56.1 Å². The zero-order valence-corrected chi connectivity index (χ0v) is 16.4. The minimum absolute atomic E-state index is 0.0363. The Morgan fingerprint density at radius 1 is 1.03 bits per heavy atom. The zero-order valence-electron chi connectivity index (χ0n) is 16.4. The molecule has 5 nitrogen and oxygen atoms in total. The average molecular weight is 387 g/mol. The highest BCUT2D eigenvalue weighted by molar-refractivity contribution is 6.03. The lowest BCUT2D eigenvalue weighted by atomic mass is 9.98. The lowest BCUT2D eigenvalue weighted by molar-refractivity contribution is -0.120. The SMILES string of the molecule is Cc1oc2cc3oc(=O)c(CC(=O)NC4CC4)c(C)c3cc2c1-c1ccccc1. The van der Waals surface area contributed by atoms with Gasteiger partial charge in [-0.2, -0.15) is 0 Å². The molecule has 0 aliphatic heterocycles. The maximum Gasteiger partial charge on any atom is 0.340 e. The molecule has 1 aliphatic rings. The van der Waals surface area contributed by atoms with Crippen molar-refractivity contribution in [2.75, 3.05) is 0 Å². The quantitative estimate of drug-likeness (QED) is 0.518. The lowest BCUT2D eigenvalue weighted by Crippen LogP contribution is -2.29. The van der Waals surface area contributed by atoms with Crippen LogP contribution in [0.3, 0.4) is 0 Å². The number of benzene rings is 2. The van der Waals surface area contributed by atoms with Crippen molar-refractivity contribution in [3.63, 3.8) is 0 Å². The van der Waals surface area contributed by atoms with Gasteiger partial charge in [-0.25, -0.2) is 4.79 Å². The molecule has 0 unspecified atom stereocenters. The third-order valence-electron chi connectivity index (χ3n) is 5.61. The Morgan fingerprint density at radius 3 is 2.48 bits per heavy atom. The van der Waals surface area contributed by atoms with Gasteiger partial charge in [0.05, 0.1) is 12.0 Å². The van der Waals surface area contributed by atoms with E-state index < -0.39 is 5.63 Å². The molecule has 1 N–H and O–H groups in total. The molecule has 0 bridgehead atoms. The van der Waals surface area contributed by atoms with Crippen molar-refractivity contribution < 1.29 is 13.6 Å². The molecule has 5 rings (SSSR count). The topological polar surface area (TPSA) is 72.5 Å². The van der Waals surface area contributed by atoms with Gasteiger partial charge in [0.2, 0.25) is 5.91 Å². The lowest BCUT2D eigenvalue weighted by Gasteiger charge is -2.09. The van der Waals surface area contributed by atoms with Crippen LogP contribution >= 0.6 is 0 Å². The number of furan rings is 1. The van der Waals surface area contributed by atoms with E-state index in [-0.39, 0.29) is 18.4 Å². The Morgan fingerprint density at radius 2 is 1.76 bits per heavy atom. The molecule has 0 saturated heterocycles. The molecule has 0 radical (unpaired) electrons. The van der Waals surface area contributed by atoms with Crippen LogP contribution in [0, 0.1) is 13.8 Å². The van der Waals surface area contributed by atoms with E-state index in [2.05, 4.69) is 5.32 Å². The fourth-order valence-corrected chi connectivity index (χ4v) is 3.94. The smallest absolute Gasteiger partial charge is 0.340 e. The van der Waals surface area contributed by atoms with Gasteiger partial charge in [-0.1, -0.05) is 30.3 Å². The molecule has 5 heteroatoms. The maximum atomic E-state index is 12.5. The second kappa shape index (κ2) is 6.62. The van der Waals surface area contributed by atoms with Crippen molar-refractivity contribution in [3.8, 4) is 11.1 Å². The summed E-state index contributed by atoms with van der Waals surface area (Å²) in [5.41, 5.74) is 3.98. The molecule has 1 amide bonds. The summed E-state index contributed by atoms with van der Waals surface area (Å²) in [6.07, 6.45) is 2.06. The summed E-state index contributed by atoms with van der Waals surface area (Å²) in [6, 6.07) is 14.1. The Bertz CT molecular complexity index is 1310. The van der Waals surface area contributed by atoms with Crippen LogP contribution in [-0.2, 0) is 11.2 Å². The van der Waals surface area contributed by atoms with Gasteiger partial charge < -0.3 is 14.2 Å². The highest BCUT2D eigenvalue weighted by Crippen LogP contribution is 2.37. The predicted molar refractivity (Wildman–Crippen MR) is 112 cm³/mol. The fraction of sp³-hybridized carbons (Fsp3) is 0.250. The number of carbonyl (C=O) groups is 1. The molecular weight excluding hydrogens is 366 g/mol. The molecule has 1 aliphatic carbocycles. The standard InChI is InChI=1S/C24H21NO4/c1-13-17-10-19-21(28-14(2)23(19)15-6-4-3-5-7-15)12-20(17)29-24(27)18(13)11-22(26)25-16-8-9-16/h3-7,10,12,16H,8-9,11H2,1-2H3,(H,25,26). The molecule has 4 aromatic rings. The van der Waals surface area contributed by atoms with Crippen molar-refractivity contribution >= 4 is 27.8 Å². The molecule has 146 valence electrons. The van der Waals surface area contributed by atoms with Gasteiger partial charge in [-0.05, 0) is 43.9 Å². The first-order valence-electron chi connectivity index (χ1n) is 9.85. The summed E-state index contributed by atoms with van der Waals surface area (Å²) in [4.78, 5) is 24.8. The Balaban J connectivity index is 1.67. The van der Waals surface area contributed by atoms with Crippen LogP contribution < -0.4 is 10.9 Å². The summed E-state index contributed by atoms with van der Waals surface area (Å²) in [5.74, 6) is 0.679. The summed E-state index contributed by atoms with van der Waals surface area (Å²) in [5, 5.41) is 4.72. The first kappa shape index (κ1) is 17.7. The van der Waals surface area contributed by atoms with Gasteiger partial charge in [-0.15, -0.1) is 0 Å². The second-order valence-electron chi connectivity index (χ2n) is 7.76. The van der Waals surface area contributed by atoms with Gasteiger partial charge >= 0.3 is 5.63 Å². The molecule has 29 heavy (non-hydrogen) atoms. The molecule has 2 heterocycles. The molecule has 1 saturated carbocycles. The van der Waals surface area contributed by atoms with Crippen LogP contribution in [0.25, 0.3) is 33.1 Å². The number of aryl methyl sites for hydroxylation is 2. The van der Waals surface area contributed by atoms with Crippen LogP contribution in [0.2, 0.25) is 0 Å². The Hall–Kier alpha value is -3.34. The average Bonchev–Trinajstić information content (AvgIpc) is 3.45. The van der Waals surface area contributed by atoms with Crippen molar-refractivity contribution in [2.24, 2.45) is 0 Å².